The molecule has 1 heterocycles. The summed E-state index contributed by atoms with van der Waals surface area (Å²) in [6, 6.07) is 11.4. The van der Waals surface area contributed by atoms with Crippen LogP contribution in [0.2, 0.25) is 0 Å². The first-order valence-electron chi connectivity index (χ1n) is 6.68. The number of likely N-dealkylation sites (N-methyl/N-ethyl adjacent to an activating group) is 1. The number of hydrogen-bond donors (Lipinski definition) is 2. The molecule has 0 aliphatic rings. The van der Waals surface area contributed by atoms with Crippen molar-refractivity contribution in [3.8, 4) is 0 Å². The SMILES string of the molecule is CNCCc1ccccc1C(=O)Nc1cccnc1C. The molecular formula is C16H19N3O. The summed E-state index contributed by atoms with van der Waals surface area (Å²) in [6.45, 7) is 2.72. The van der Waals surface area contributed by atoms with Crippen LogP contribution in [-0.4, -0.2) is 24.5 Å². The Morgan fingerprint density at radius 1 is 1.20 bits per heavy atom. The van der Waals surface area contributed by atoms with Crippen LogP contribution in [0.15, 0.2) is 42.6 Å². The highest BCUT2D eigenvalue weighted by Crippen LogP contribution is 2.15. The number of aryl methyl sites for hydroxylation is 1. The molecule has 0 aliphatic carbocycles. The second-order valence-electron chi connectivity index (χ2n) is 4.60. The molecule has 0 atom stereocenters. The average molecular weight is 269 g/mol. The Kier molecular flexibility index (Phi) is 4.85. The first-order valence-corrected chi connectivity index (χ1v) is 6.68. The van der Waals surface area contributed by atoms with Crippen LogP contribution >= 0.6 is 0 Å². The lowest BCUT2D eigenvalue weighted by Gasteiger charge is -2.11. The second-order valence-corrected chi connectivity index (χ2v) is 4.60. The van der Waals surface area contributed by atoms with Crippen LogP contribution < -0.4 is 10.6 Å². The molecule has 2 rings (SSSR count). The molecule has 2 N–H and O–H groups in total. The van der Waals surface area contributed by atoms with Crippen LogP contribution in [0, 0.1) is 6.92 Å². The van der Waals surface area contributed by atoms with Gasteiger partial charge < -0.3 is 10.6 Å². The molecule has 0 radical (unpaired) electrons. The highest BCUT2D eigenvalue weighted by atomic mass is 16.1. The number of aromatic nitrogens is 1. The first-order chi connectivity index (χ1) is 9.72. The topological polar surface area (TPSA) is 54.0 Å². The van der Waals surface area contributed by atoms with E-state index in [1.807, 2.05) is 50.4 Å². The molecule has 0 bridgehead atoms. The van der Waals surface area contributed by atoms with Gasteiger partial charge in [0.2, 0.25) is 0 Å². The van der Waals surface area contributed by atoms with Gasteiger partial charge in [0.1, 0.15) is 0 Å². The van der Waals surface area contributed by atoms with Crippen molar-refractivity contribution in [3.63, 3.8) is 0 Å². The summed E-state index contributed by atoms with van der Waals surface area (Å²) in [6.07, 6.45) is 2.54. The highest BCUT2D eigenvalue weighted by molar-refractivity contribution is 6.05. The van der Waals surface area contributed by atoms with Gasteiger partial charge in [0.15, 0.2) is 0 Å². The first kappa shape index (κ1) is 14.2. The van der Waals surface area contributed by atoms with Gasteiger partial charge in [0.05, 0.1) is 11.4 Å². The molecule has 4 nitrogen and oxygen atoms in total. The zero-order valence-electron chi connectivity index (χ0n) is 11.8. The average Bonchev–Trinajstić information content (AvgIpc) is 2.47. The molecular weight excluding hydrogens is 250 g/mol. The minimum atomic E-state index is -0.0900. The molecule has 20 heavy (non-hydrogen) atoms. The summed E-state index contributed by atoms with van der Waals surface area (Å²) in [4.78, 5) is 16.6. The van der Waals surface area contributed by atoms with Gasteiger partial charge in [-0.1, -0.05) is 18.2 Å². The molecule has 0 unspecified atom stereocenters. The molecule has 1 aromatic carbocycles. The van der Waals surface area contributed by atoms with Gasteiger partial charge in [-0.25, -0.2) is 0 Å². The number of carbonyl (C=O) groups is 1. The lowest BCUT2D eigenvalue weighted by molar-refractivity contribution is 0.102. The number of nitrogens with one attached hydrogen (secondary N) is 2. The molecule has 1 aromatic heterocycles. The van der Waals surface area contributed by atoms with Crippen molar-refractivity contribution in [2.24, 2.45) is 0 Å². The van der Waals surface area contributed by atoms with E-state index in [0.717, 1.165) is 29.9 Å². The Hall–Kier alpha value is -2.20. The van der Waals surface area contributed by atoms with Crippen LogP contribution in [0.3, 0.4) is 0 Å². The number of hydrogen-bond acceptors (Lipinski definition) is 3. The van der Waals surface area contributed by atoms with Crippen LogP contribution in [0.4, 0.5) is 5.69 Å². The molecule has 0 saturated carbocycles. The minimum Gasteiger partial charge on any atom is -0.320 e. The fourth-order valence-corrected chi connectivity index (χ4v) is 2.03. The van der Waals surface area contributed by atoms with Gasteiger partial charge in [-0.15, -0.1) is 0 Å². The maximum absolute atomic E-state index is 12.4. The van der Waals surface area contributed by atoms with Crippen LogP contribution in [0.25, 0.3) is 0 Å². The van der Waals surface area contributed by atoms with Crippen LogP contribution in [0.1, 0.15) is 21.6 Å². The Morgan fingerprint density at radius 2 is 2.00 bits per heavy atom. The lowest BCUT2D eigenvalue weighted by atomic mass is 10.0. The predicted molar refractivity (Wildman–Crippen MR) is 81.0 cm³/mol. The summed E-state index contributed by atoms with van der Waals surface area (Å²) in [5, 5.41) is 6.02. The largest absolute Gasteiger partial charge is 0.320 e. The smallest absolute Gasteiger partial charge is 0.255 e. The monoisotopic (exact) mass is 269 g/mol. The van der Waals surface area contributed by atoms with Gasteiger partial charge in [-0.05, 0) is 50.7 Å². The highest BCUT2D eigenvalue weighted by Gasteiger charge is 2.11. The van der Waals surface area contributed by atoms with Crippen molar-refractivity contribution in [1.82, 2.24) is 10.3 Å². The van der Waals surface area contributed by atoms with E-state index in [9.17, 15) is 4.79 Å². The Bertz CT molecular complexity index is 596. The van der Waals surface area contributed by atoms with Gasteiger partial charge in [-0.2, -0.15) is 0 Å². The third kappa shape index (κ3) is 3.42. The van der Waals surface area contributed by atoms with Crippen molar-refractivity contribution >= 4 is 11.6 Å². The summed E-state index contributed by atoms with van der Waals surface area (Å²) < 4.78 is 0. The number of carbonyl (C=O) groups excluding carboxylic acids is 1. The predicted octanol–water partition coefficient (Wildman–Crippen LogP) is 2.40. The number of pyridine rings is 1. The molecule has 104 valence electrons. The van der Waals surface area contributed by atoms with Crippen molar-refractivity contribution in [3.05, 3.63) is 59.4 Å². The van der Waals surface area contributed by atoms with Crippen molar-refractivity contribution in [1.29, 1.82) is 0 Å². The molecule has 2 aromatic rings. The van der Waals surface area contributed by atoms with E-state index in [1.54, 1.807) is 6.20 Å². The van der Waals surface area contributed by atoms with Gasteiger partial charge in [0.25, 0.3) is 5.91 Å². The minimum absolute atomic E-state index is 0.0900. The molecule has 1 amide bonds. The summed E-state index contributed by atoms with van der Waals surface area (Å²) in [5.74, 6) is -0.0900. The number of benzene rings is 1. The summed E-state index contributed by atoms with van der Waals surface area (Å²) in [7, 11) is 1.90. The maximum atomic E-state index is 12.4. The van der Waals surface area contributed by atoms with E-state index >= 15 is 0 Å². The molecule has 4 heteroatoms. The van der Waals surface area contributed by atoms with E-state index in [1.165, 1.54) is 0 Å². The van der Waals surface area contributed by atoms with E-state index < -0.39 is 0 Å². The normalized spacial score (nSPS) is 10.3. The lowest BCUT2D eigenvalue weighted by Crippen LogP contribution is -2.17. The fraction of sp³-hybridized carbons (Fsp3) is 0.250. The molecule has 0 aliphatic heterocycles. The zero-order valence-corrected chi connectivity index (χ0v) is 11.8. The van der Waals surface area contributed by atoms with E-state index in [2.05, 4.69) is 15.6 Å². The third-order valence-corrected chi connectivity index (χ3v) is 3.16. The van der Waals surface area contributed by atoms with Gasteiger partial charge >= 0.3 is 0 Å². The Morgan fingerprint density at radius 3 is 2.75 bits per heavy atom. The van der Waals surface area contributed by atoms with Gasteiger partial charge in [-0.3, -0.25) is 9.78 Å². The van der Waals surface area contributed by atoms with Gasteiger partial charge in [0, 0.05) is 11.8 Å². The summed E-state index contributed by atoms with van der Waals surface area (Å²) >= 11 is 0. The molecule has 0 saturated heterocycles. The Balaban J connectivity index is 2.19. The number of anilines is 1. The fourth-order valence-electron chi connectivity index (χ4n) is 2.03. The quantitative estimate of drug-likeness (QED) is 0.876. The Labute approximate surface area is 119 Å². The van der Waals surface area contributed by atoms with E-state index in [0.29, 0.717) is 5.56 Å². The van der Waals surface area contributed by atoms with E-state index in [-0.39, 0.29) is 5.91 Å². The van der Waals surface area contributed by atoms with Crippen LogP contribution in [0.5, 0.6) is 0 Å². The van der Waals surface area contributed by atoms with Crippen molar-refractivity contribution < 1.29 is 4.79 Å². The molecule has 0 fully saturated rings. The number of amides is 1. The number of rotatable bonds is 5. The molecule has 0 spiro atoms. The second kappa shape index (κ2) is 6.82. The van der Waals surface area contributed by atoms with Crippen molar-refractivity contribution in [2.75, 3.05) is 18.9 Å². The standard InChI is InChI=1S/C16H19N3O/c1-12-15(8-5-10-18-12)19-16(20)14-7-4-3-6-13(14)9-11-17-2/h3-8,10,17H,9,11H2,1-2H3,(H,19,20). The maximum Gasteiger partial charge on any atom is 0.255 e. The number of nitrogens with zero attached hydrogens (tertiary/aromatic N) is 1. The van der Waals surface area contributed by atoms with E-state index in [4.69, 9.17) is 0 Å². The van der Waals surface area contributed by atoms with Crippen molar-refractivity contribution in [2.45, 2.75) is 13.3 Å². The zero-order chi connectivity index (χ0) is 14.4. The van der Waals surface area contributed by atoms with Crippen LogP contribution in [-0.2, 0) is 6.42 Å². The summed E-state index contributed by atoms with van der Waals surface area (Å²) in [5.41, 5.74) is 3.32. The third-order valence-electron chi connectivity index (χ3n) is 3.16.